The van der Waals surface area contributed by atoms with Crippen molar-refractivity contribution in [2.45, 2.75) is 51.4 Å². The maximum atomic E-state index is 12.6. The summed E-state index contributed by atoms with van der Waals surface area (Å²) in [6, 6.07) is 0.684. The summed E-state index contributed by atoms with van der Waals surface area (Å²) in [6.07, 6.45) is -2.21. The fourth-order valence-electron chi connectivity index (χ4n) is 2.36. The minimum absolute atomic E-state index is 0.266. The highest BCUT2D eigenvalue weighted by atomic mass is 19.4. The standard InChI is InChI=1S/C14H20F3N3O2/c1-13(2,3)22-12(21)19-7-4-5-10(9-19)20-8-6-11(18-20)14(15,16)17/h6,8,10H,4-5,7,9H2,1-3H3/t10-/m0/s1. The Hall–Kier alpha value is -1.73. The average Bonchev–Trinajstić information content (AvgIpc) is 2.86. The van der Waals surface area contributed by atoms with Gasteiger partial charge in [0.25, 0.3) is 0 Å². The smallest absolute Gasteiger partial charge is 0.435 e. The Bertz CT molecular complexity index is 534. The predicted octanol–water partition coefficient (Wildman–Crippen LogP) is 3.47. The highest BCUT2D eigenvalue weighted by Gasteiger charge is 2.35. The highest BCUT2D eigenvalue weighted by molar-refractivity contribution is 5.68. The molecule has 22 heavy (non-hydrogen) atoms. The Labute approximate surface area is 127 Å². The van der Waals surface area contributed by atoms with Gasteiger partial charge in [0.1, 0.15) is 5.60 Å². The number of hydrogen-bond acceptors (Lipinski definition) is 3. The van der Waals surface area contributed by atoms with Crippen molar-refractivity contribution in [3.05, 3.63) is 18.0 Å². The summed E-state index contributed by atoms with van der Waals surface area (Å²) in [6.45, 7) is 6.16. The Kier molecular flexibility index (Phi) is 4.39. The van der Waals surface area contributed by atoms with E-state index < -0.39 is 23.6 Å². The maximum Gasteiger partial charge on any atom is 0.435 e. The number of hydrogen-bond donors (Lipinski definition) is 0. The SMILES string of the molecule is CC(C)(C)OC(=O)N1CCC[C@H](n2ccc(C(F)(F)F)n2)C1. The van der Waals surface area contributed by atoms with Crippen molar-refractivity contribution in [3.63, 3.8) is 0 Å². The van der Waals surface area contributed by atoms with E-state index in [-0.39, 0.29) is 6.04 Å². The number of likely N-dealkylation sites (tertiary alicyclic amines) is 1. The lowest BCUT2D eigenvalue weighted by Crippen LogP contribution is -2.43. The van der Waals surface area contributed by atoms with Gasteiger partial charge in [-0.3, -0.25) is 4.68 Å². The lowest BCUT2D eigenvalue weighted by molar-refractivity contribution is -0.141. The number of rotatable bonds is 1. The fraction of sp³-hybridized carbons (Fsp3) is 0.714. The molecule has 5 nitrogen and oxygen atoms in total. The van der Waals surface area contributed by atoms with Gasteiger partial charge in [-0.25, -0.2) is 4.79 Å². The van der Waals surface area contributed by atoms with Crippen LogP contribution in [-0.2, 0) is 10.9 Å². The Morgan fingerprint density at radius 2 is 2.05 bits per heavy atom. The third-order valence-corrected chi connectivity index (χ3v) is 3.32. The molecule has 0 aliphatic carbocycles. The summed E-state index contributed by atoms with van der Waals surface area (Å²) in [5.74, 6) is 0. The van der Waals surface area contributed by atoms with Gasteiger partial charge in [-0.1, -0.05) is 0 Å². The number of piperidine rings is 1. The van der Waals surface area contributed by atoms with Crippen LogP contribution >= 0.6 is 0 Å². The van der Waals surface area contributed by atoms with Crippen molar-refractivity contribution in [2.75, 3.05) is 13.1 Å². The molecule has 1 fully saturated rings. The van der Waals surface area contributed by atoms with Crippen molar-refractivity contribution in [2.24, 2.45) is 0 Å². The summed E-state index contributed by atoms with van der Waals surface area (Å²) >= 11 is 0. The molecule has 0 aromatic carbocycles. The van der Waals surface area contributed by atoms with Crippen LogP contribution in [-0.4, -0.2) is 39.5 Å². The number of carbonyl (C=O) groups is 1. The number of nitrogens with zero attached hydrogens (tertiary/aromatic N) is 3. The second-order valence-corrected chi connectivity index (χ2v) is 6.40. The van der Waals surface area contributed by atoms with Crippen LogP contribution in [0.2, 0.25) is 0 Å². The van der Waals surface area contributed by atoms with E-state index in [9.17, 15) is 18.0 Å². The van der Waals surface area contributed by atoms with Crippen LogP contribution in [0.5, 0.6) is 0 Å². The highest BCUT2D eigenvalue weighted by Crippen LogP contribution is 2.29. The molecule has 0 saturated carbocycles. The van der Waals surface area contributed by atoms with Gasteiger partial charge in [0, 0.05) is 19.3 Å². The van der Waals surface area contributed by atoms with Crippen molar-refractivity contribution >= 4 is 6.09 Å². The van der Waals surface area contributed by atoms with E-state index in [1.165, 1.54) is 15.8 Å². The summed E-state index contributed by atoms with van der Waals surface area (Å²) in [5, 5.41) is 3.59. The molecule has 0 unspecified atom stereocenters. The summed E-state index contributed by atoms with van der Waals surface area (Å²) in [4.78, 5) is 13.6. The van der Waals surface area contributed by atoms with Crippen molar-refractivity contribution < 1.29 is 22.7 Å². The van der Waals surface area contributed by atoms with Gasteiger partial charge in [0.2, 0.25) is 0 Å². The lowest BCUT2D eigenvalue weighted by Gasteiger charge is -2.34. The number of aromatic nitrogens is 2. The Balaban J connectivity index is 2.04. The van der Waals surface area contributed by atoms with Gasteiger partial charge in [-0.05, 0) is 39.7 Å². The topological polar surface area (TPSA) is 47.4 Å². The van der Waals surface area contributed by atoms with Crippen molar-refractivity contribution in [1.82, 2.24) is 14.7 Å². The molecule has 1 aliphatic heterocycles. The number of carbonyl (C=O) groups excluding carboxylic acids is 1. The fourth-order valence-corrected chi connectivity index (χ4v) is 2.36. The summed E-state index contributed by atoms with van der Waals surface area (Å²) in [5.41, 5.74) is -1.51. The van der Waals surface area contributed by atoms with Gasteiger partial charge in [-0.15, -0.1) is 0 Å². The molecule has 1 aromatic heterocycles. The van der Waals surface area contributed by atoms with E-state index in [0.29, 0.717) is 25.9 Å². The van der Waals surface area contributed by atoms with Crippen LogP contribution in [0.3, 0.4) is 0 Å². The molecule has 1 aliphatic rings. The molecule has 124 valence electrons. The molecule has 0 N–H and O–H groups in total. The van der Waals surface area contributed by atoms with E-state index in [0.717, 1.165) is 6.07 Å². The molecule has 8 heteroatoms. The number of ether oxygens (including phenoxy) is 1. The zero-order valence-electron chi connectivity index (χ0n) is 12.9. The monoisotopic (exact) mass is 319 g/mol. The third kappa shape index (κ3) is 4.14. The van der Waals surface area contributed by atoms with E-state index in [1.807, 2.05) is 0 Å². The van der Waals surface area contributed by atoms with Crippen LogP contribution in [0.1, 0.15) is 45.3 Å². The molecule has 1 amide bonds. The number of alkyl halides is 3. The van der Waals surface area contributed by atoms with E-state index in [4.69, 9.17) is 4.74 Å². The first-order chi connectivity index (χ1) is 10.1. The first kappa shape index (κ1) is 16.6. The lowest BCUT2D eigenvalue weighted by atomic mass is 10.1. The van der Waals surface area contributed by atoms with Gasteiger partial charge in [0.05, 0.1) is 6.04 Å². The molecule has 0 bridgehead atoms. The average molecular weight is 319 g/mol. The van der Waals surface area contributed by atoms with Gasteiger partial charge in [0.15, 0.2) is 5.69 Å². The van der Waals surface area contributed by atoms with E-state index in [2.05, 4.69) is 5.10 Å². The molecule has 0 radical (unpaired) electrons. The quantitative estimate of drug-likeness (QED) is 0.796. The van der Waals surface area contributed by atoms with Crippen LogP contribution in [0.25, 0.3) is 0 Å². The zero-order chi connectivity index (χ0) is 16.5. The third-order valence-electron chi connectivity index (χ3n) is 3.32. The second kappa shape index (κ2) is 5.81. The van der Waals surface area contributed by atoms with Crippen LogP contribution in [0.4, 0.5) is 18.0 Å². The summed E-state index contributed by atoms with van der Waals surface area (Å²) in [7, 11) is 0. The molecule has 0 spiro atoms. The normalized spacial score (nSPS) is 20.1. The maximum absolute atomic E-state index is 12.6. The molecule has 1 saturated heterocycles. The van der Waals surface area contributed by atoms with Gasteiger partial charge in [-0.2, -0.15) is 18.3 Å². The van der Waals surface area contributed by atoms with Gasteiger partial charge >= 0.3 is 12.3 Å². The van der Waals surface area contributed by atoms with Crippen LogP contribution in [0.15, 0.2) is 12.3 Å². The van der Waals surface area contributed by atoms with Crippen molar-refractivity contribution in [1.29, 1.82) is 0 Å². The number of amides is 1. The van der Waals surface area contributed by atoms with E-state index in [1.54, 1.807) is 20.8 Å². The largest absolute Gasteiger partial charge is 0.444 e. The zero-order valence-corrected chi connectivity index (χ0v) is 12.9. The minimum Gasteiger partial charge on any atom is -0.444 e. The van der Waals surface area contributed by atoms with E-state index >= 15 is 0 Å². The minimum atomic E-state index is -4.45. The molecule has 2 heterocycles. The van der Waals surface area contributed by atoms with Crippen LogP contribution < -0.4 is 0 Å². The predicted molar refractivity (Wildman–Crippen MR) is 73.3 cm³/mol. The molecule has 1 aromatic rings. The molecular formula is C14H20F3N3O2. The Morgan fingerprint density at radius 3 is 2.59 bits per heavy atom. The molecule has 1 atom stereocenters. The second-order valence-electron chi connectivity index (χ2n) is 6.40. The first-order valence-electron chi connectivity index (χ1n) is 7.16. The van der Waals surface area contributed by atoms with Crippen molar-refractivity contribution in [3.8, 4) is 0 Å². The molecular weight excluding hydrogens is 299 g/mol. The summed E-state index contributed by atoms with van der Waals surface area (Å²) < 4.78 is 44.4. The molecule has 2 rings (SSSR count). The Morgan fingerprint density at radius 1 is 1.36 bits per heavy atom. The number of halogens is 3. The van der Waals surface area contributed by atoms with Crippen LogP contribution in [0, 0.1) is 0 Å². The van der Waals surface area contributed by atoms with Gasteiger partial charge < -0.3 is 9.64 Å². The first-order valence-corrected chi connectivity index (χ1v) is 7.16.